The van der Waals surface area contributed by atoms with E-state index >= 15 is 0 Å². The molecule has 2 N–H and O–H groups in total. The molecular weight excluding hydrogens is 287 g/mol. The summed E-state index contributed by atoms with van der Waals surface area (Å²) in [6.07, 6.45) is 2.08. The van der Waals surface area contributed by atoms with Crippen molar-refractivity contribution in [1.29, 1.82) is 0 Å². The van der Waals surface area contributed by atoms with Gasteiger partial charge in [-0.2, -0.15) is 0 Å². The second kappa shape index (κ2) is 7.46. The zero-order chi connectivity index (χ0) is 15.9. The average molecular weight is 306 g/mol. The Morgan fingerprint density at radius 2 is 2.23 bits per heavy atom. The van der Waals surface area contributed by atoms with Crippen molar-refractivity contribution in [2.24, 2.45) is 0 Å². The summed E-state index contributed by atoms with van der Waals surface area (Å²) < 4.78 is 19.2. The summed E-state index contributed by atoms with van der Waals surface area (Å²) in [6, 6.07) is 7.54. The number of anilines is 2. The van der Waals surface area contributed by atoms with Gasteiger partial charge in [0, 0.05) is 19.2 Å². The van der Waals surface area contributed by atoms with Gasteiger partial charge in [-0.25, -0.2) is 14.4 Å². The fraction of sp³-hybridized carbons (Fsp3) is 0.267. The van der Waals surface area contributed by atoms with E-state index in [0.29, 0.717) is 12.3 Å². The lowest BCUT2D eigenvalue weighted by Gasteiger charge is -2.29. The minimum atomic E-state index is -0.480. The summed E-state index contributed by atoms with van der Waals surface area (Å²) in [5.74, 6) is -0.417. The smallest absolute Gasteiger partial charge is 0.220 e. The quantitative estimate of drug-likeness (QED) is 0.915. The largest absolute Gasteiger partial charge is 0.368 e. The monoisotopic (exact) mass is 306 g/mol. The van der Waals surface area contributed by atoms with Gasteiger partial charge in [0.2, 0.25) is 5.95 Å². The Labute approximate surface area is 129 Å². The molecule has 0 saturated carbocycles. The van der Waals surface area contributed by atoms with Crippen LogP contribution in [0.15, 0.2) is 30.5 Å². The highest BCUT2D eigenvalue weighted by Gasteiger charge is 2.14. The molecule has 2 heterocycles. The fourth-order valence-corrected chi connectivity index (χ4v) is 2.23. The molecule has 0 aliphatic carbocycles. The van der Waals surface area contributed by atoms with Gasteiger partial charge in [0.1, 0.15) is 19.2 Å². The van der Waals surface area contributed by atoms with Crippen LogP contribution in [0.2, 0.25) is 0 Å². The summed E-state index contributed by atoms with van der Waals surface area (Å²) in [5, 5.41) is 0. The maximum Gasteiger partial charge on any atom is 0.220 e. The second-order valence-electron chi connectivity index (χ2n) is 4.63. The summed E-state index contributed by atoms with van der Waals surface area (Å²) >= 11 is 0. The van der Waals surface area contributed by atoms with Crippen LogP contribution in [0.3, 0.4) is 0 Å². The first-order chi connectivity index (χ1) is 10.7. The predicted octanol–water partition coefficient (Wildman–Crippen LogP) is 2.11. The number of nitrogens with two attached hydrogens (primary N) is 1. The van der Waals surface area contributed by atoms with Crippen LogP contribution in [0.4, 0.5) is 16.0 Å². The van der Waals surface area contributed by atoms with Gasteiger partial charge in [0.25, 0.3) is 0 Å². The third-order valence-corrected chi connectivity index (χ3v) is 3.21. The predicted molar refractivity (Wildman–Crippen MR) is 83.9 cm³/mol. The number of hydrogen-bond donors (Lipinski definition) is 1. The number of benzene rings is 1. The van der Waals surface area contributed by atoms with Crippen molar-refractivity contribution in [3.8, 4) is 11.3 Å². The highest BCUT2D eigenvalue weighted by Crippen LogP contribution is 2.26. The van der Waals surface area contributed by atoms with Crippen LogP contribution in [0, 0.1) is 5.82 Å². The van der Waals surface area contributed by atoms with Crippen molar-refractivity contribution in [2.45, 2.75) is 6.42 Å². The zero-order valence-electron chi connectivity index (χ0n) is 12.0. The van der Waals surface area contributed by atoms with Gasteiger partial charge in [-0.15, -0.1) is 0 Å². The number of hydrogen-bond acceptors (Lipinski definition) is 6. The molecule has 118 valence electrons. The summed E-state index contributed by atoms with van der Waals surface area (Å²) in [5.41, 5.74) is 7.41. The van der Waals surface area contributed by atoms with E-state index in [1.165, 1.54) is 0 Å². The van der Waals surface area contributed by atoms with Crippen LogP contribution in [-0.4, -0.2) is 36.6 Å². The molecule has 1 aliphatic heterocycles. The Kier molecular flexibility index (Phi) is 5.37. The highest BCUT2D eigenvalue weighted by atomic mass is 19.1. The number of aromatic nitrogens is 2. The lowest BCUT2D eigenvalue weighted by molar-refractivity contribution is -0.0979. The van der Waals surface area contributed by atoms with E-state index < -0.39 is 5.82 Å². The van der Waals surface area contributed by atoms with Gasteiger partial charge in [-0.1, -0.05) is 12.1 Å². The second-order valence-corrected chi connectivity index (χ2v) is 4.63. The SMILES string of the molecule is C=O.Nc1ncc(F)c(-c2cccc(N3CCCOC3)c2)n1.[HH]. The number of halogens is 1. The molecule has 0 radical (unpaired) electrons. The third-order valence-electron chi connectivity index (χ3n) is 3.21. The molecule has 0 amide bonds. The van der Waals surface area contributed by atoms with E-state index in [4.69, 9.17) is 15.3 Å². The Balaban J connectivity index is 0.000000849. The third kappa shape index (κ3) is 3.56. The van der Waals surface area contributed by atoms with Gasteiger partial charge >= 0.3 is 0 Å². The molecule has 7 heteroatoms. The molecule has 3 rings (SSSR count). The number of carbonyl (C=O) groups is 1. The molecule has 6 nitrogen and oxygen atoms in total. The van der Waals surface area contributed by atoms with Crippen LogP contribution in [0.25, 0.3) is 11.3 Å². The molecule has 1 fully saturated rings. The normalized spacial score (nSPS) is 14.1. The summed E-state index contributed by atoms with van der Waals surface area (Å²) in [7, 11) is 0. The van der Waals surface area contributed by atoms with Crippen molar-refractivity contribution in [3.05, 3.63) is 36.3 Å². The minimum Gasteiger partial charge on any atom is -0.368 e. The molecule has 1 saturated heterocycles. The number of ether oxygens (including phenoxy) is 1. The van der Waals surface area contributed by atoms with Gasteiger partial charge < -0.3 is 20.2 Å². The standard InChI is InChI=1S/C14H15FN4O.CH2O.H2/c15-12-8-17-14(16)18-13(12)10-3-1-4-11(7-10)19-5-2-6-20-9-19;1-2;/h1,3-4,7-8H,2,5-6,9H2,(H2,16,17,18);1H2;1H. The number of nitrogen functional groups attached to an aromatic ring is 1. The minimum absolute atomic E-state index is 0. The summed E-state index contributed by atoms with van der Waals surface area (Å²) in [4.78, 5) is 17.7. The molecule has 1 aromatic carbocycles. The molecule has 1 aromatic heterocycles. The molecule has 0 bridgehead atoms. The van der Waals surface area contributed by atoms with Gasteiger partial charge in [-0.3, -0.25) is 0 Å². The van der Waals surface area contributed by atoms with E-state index in [0.717, 1.165) is 31.5 Å². The van der Waals surface area contributed by atoms with Crippen molar-refractivity contribution in [2.75, 3.05) is 30.5 Å². The number of rotatable bonds is 2. The van der Waals surface area contributed by atoms with E-state index in [9.17, 15) is 4.39 Å². The number of nitrogens with zero attached hydrogens (tertiary/aromatic N) is 3. The van der Waals surface area contributed by atoms with Crippen LogP contribution >= 0.6 is 0 Å². The fourth-order valence-electron chi connectivity index (χ4n) is 2.23. The van der Waals surface area contributed by atoms with E-state index in [2.05, 4.69) is 14.9 Å². The average Bonchev–Trinajstić information content (AvgIpc) is 2.60. The van der Waals surface area contributed by atoms with Gasteiger partial charge in [0.05, 0.1) is 12.8 Å². The molecule has 0 atom stereocenters. The Morgan fingerprint density at radius 1 is 1.41 bits per heavy atom. The molecule has 22 heavy (non-hydrogen) atoms. The van der Waals surface area contributed by atoms with Crippen molar-refractivity contribution < 1.29 is 15.3 Å². The maximum atomic E-state index is 13.8. The molecule has 0 spiro atoms. The van der Waals surface area contributed by atoms with Crippen molar-refractivity contribution >= 4 is 18.4 Å². The Morgan fingerprint density at radius 3 is 2.95 bits per heavy atom. The summed E-state index contributed by atoms with van der Waals surface area (Å²) in [6.45, 7) is 4.27. The molecule has 1 aliphatic rings. The Bertz CT molecular complexity index is 639. The number of carbonyl (C=O) groups excluding carboxylic acids is 1. The lowest BCUT2D eigenvalue weighted by atomic mass is 10.1. The molecular formula is C15H19FN4O2. The van der Waals surface area contributed by atoms with Crippen LogP contribution in [-0.2, 0) is 9.53 Å². The van der Waals surface area contributed by atoms with Gasteiger partial charge in [-0.05, 0) is 18.6 Å². The van der Waals surface area contributed by atoms with Crippen LogP contribution in [0.5, 0.6) is 0 Å². The molecule has 0 unspecified atom stereocenters. The maximum absolute atomic E-state index is 13.8. The highest BCUT2D eigenvalue weighted by molar-refractivity contribution is 5.66. The van der Waals surface area contributed by atoms with E-state index in [1.54, 1.807) is 6.07 Å². The van der Waals surface area contributed by atoms with E-state index in [-0.39, 0.29) is 13.1 Å². The first-order valence-electron chi connectivity index (χ1n) is 6.74. The Hall–Kier alpha value is -2.54. The van der Waals surface area contributed by atoms with Crippen LogP contribution < -0.4 is 10.6 Å². The van der Waals surface area contributed by atoms with E-state index in [1.807, 2.05) is 25.0 Å². The molecule has 2 aromatic rings. The zero-order valence-corrected chi connectivity index (χ0v) is 12.0. The van der Waals surface area contributed by atoms with Gasteiger partial charge in [0.15, 0.2) is 5.82 Å². The van der Waals surface area contributed by atoms with Crippen molar-refractivity contribution in [3.63, 3.8) is 0 Å². The first kappa shape index (κ1) is 15.8. The van der Waals surface area contributed by atoms with Crippen molar-refractivity contribution in [1.82, 2.24) is 9.97 Å². The van der Waals surface area contributed by atoms with Crippen LogP contribution in [0.1, 0.15) is 7.85 Å². The topological polar surface area (TPSA) is 81.3 Å². The first-order valence-corrected chi connectivity index (χ1v) is 6.74. The lowest BCUT2D eigenvalue weighted by Crippen LogP contribution is -2.32.